The number of hydrogen-bond donors (Lipinski definition) is 2. The summed E-state index contributed by atoms with van der Waals surface area (Å²) < 4.78 is 0. The smallest absolute Gasteiger partial charge is 0.236 e. The fourth-order valence-corrected chi connectivity index (χ4v) is 0.149. The Labute approximate surface area is 47.1 Å². The van der Waals surface area contributed by atoms with Crippen LogP contribution in [0.1, 0.15) is 6.92 Å². The van der Waals surface area contributed by atoms with Crippen LogP contribution in [-0.4, -0.2) is 18.1 Å². The van der Waals surface area contributed by atoms with Crippen LogP contribution < -0.4 is 5.43 Å². The van der Waals surface area contributed by atoms with Gasteiger partial charge in [0.25, 0.3) is 0 Å². The van der Waals surface area contributed by atoms with Crippen molar-refractivity contribution in [2.75, 3.05) is 6.61 Å². The third kappa shape index (κ3) is 5.19. The van der Waals surface area contributed by atoms with Crippen LogP contribution in [0.4, 0.5) is 0 Å². The van der Waals surface area contributed by atoms with Crippen molar-refractivity contribution >= 4 is 6.34 Å². The highest BCUT2D eigenvalue weighted by atomic mass is 16.2. The lowest BCUT2D eigenvalue weighted by Crippen LogP contribution is -2.74. The van der Waals surface area contributed by atoms with Gasteiger partial charge in [0.2, 0.25) is 6.34 Å². The Morgan fingerprint density at radius 1 is 1.75 bits per heavy atom. The van der Waals surface area contributed by atoms with Crippen LogP contribution >= 0.6 is 0 Å². The maximum Gasteiger partial charge on any atom is 0.236 e. The second-order valence-electron chi connectivity index (χ2n) is 0.935. The van der Waals surface area contributed by atoms with E-state index in [2.05, 4.69) is 15.5 Å². The van der Waals surface area contributed by atoms with Crippen molar-refractivity contribution in [3.63, 3.8) is 0 Å². The predicted octanol–water partition coefficient (Wildman–Crippen LogP) is -1.13. The Morgan fingerprint density at radius 2 is 2.38 bits per heavy atom. The van der Waals surface area contributed by atoms with Gasteiger partial charge in [0.15, 0.2) is 0 Å². The minimum atomic E-state index is 0.250. The molecule has 0 saturated heterocycles. The summed E-state index contributed by atoms with van der Waals surface area (Å²) in [5.74, 6) is 0. The molecular formula is C3H9N4O+. The molecule has 1 aliphatic heterocycles. The molecule has 0 atom stereocenters. The molecule has 0 aromatic rings. The monoisotopic (exact) mass is 117 g/mol. The zero-order valence-corrected chi connectivity index (χ0v) is 4.65. The molecule has 0 radical (unpaired) electrons. The highest BCUT2D eigenvalue weighted by molar-refractivity contribution is 5.41. The van der Waals surface area contributed by atoms with Gasteiger partial charge in [-0.15, -0.1) is 0 Å². The lowest BCUT2D eigenvalue weighted by Gasteiger charge is -1.52. The molecule has 0 spiro atoms. The van der Waals surface area contributed by atoms with Crippen molar-refractivity contribution in [1.29, 1.82) is 0 Å². The third-order valence-corrected chi connectivity index (χ3v) is 0.303. The first-order valence-electron chi connectivity index (χ1n) is 2.27. The van der Waals surface area contributed by atoms with E-state index in [1.807, 2.05) is 0 Å². The summed E-state index contributed by atoms with van der Waals surface area (Å²) in [6.07, 6.45) is 1.53. The summed E-state index contributed by atoms with van der Waals surface area (Å²) in [6.45, 7) is 1.93. The summed E-state index contributed by atoms with van der Waals surface area (Å²) >= 11 is 0. The first kappa shape index (κ1) is 7.19. The number of aliphatic hydroxyl groups is 1. The first-order valence-corrected chi connectivity index (χ1v) is 2.27. The molecule has 0 aromatic heterocycles. The SMILES string of the molecule is C1=NN=N[NH2+]1.CCO. The second kappa shape index (κ2) is 6.19. The van der Waals surface area contributed by atoms with Crippen molar-refractivity contribution in [1.82, 2.24) is 0 Å². The van der Waals surface area contributed by atoms with E-state index in [4.69, 9.17) is 5.11 Å². The van der Waals surface area contributed by atoms with E-state index in [1.165, 1.54) is 11.8 Å². The lowest BCUT2D eigenvalue weighted by molar-refractivity contribution is -0.538. The molecule has 0 fully saturated rings. The summed E-state index contributed by atoms with van der Waals surface area (Å²) in [5.41, 5.74) is 1.53. The summed E-state index contributed by atoms with van der Waals surface area (Å²) in [7, 11) is 0. The Balaban J connectivity index is 0.000000145. The minimum absolute atomic E-state index is 0.250. The molecule has 8 heavy (non-hydrogen) atoms. The van der Waals surface area contributed by atoms with Gasteiger partial charge >= 0.3 is 0 Å². The number of nitrogens with zero attached hydrogens (tertiary/aromatic N) is 3. The second-order valence-corrected chi connectivity index (χ2v) is 0.935. The van der Waals surface area contributed by atoms with Crippen molar-refractivity contribution in [3.05, 3.63) is 0 Å². The van der Waals surface area contributed by atoms with Crippen LogP contribution in [0.5, 0.6) is 0 Å². The van der Waals surface area contributed by atoms with Gasteiger partial charge in [0.1, 0.15) is 0 Å². The lowest BCUT2D eigenvalue weighted by atomic mass is 10.9. The van der Waals surface area contributed by atoms with Crippen molar-refractivity contribution in [2.24, 2.45) is 15.5 Å². The Hall–Kier alpha value is -0.810. The summed E-state index contributed by atoms with van der Waals surface area (Å²) in [6, 6.07) is 0. The fraction of sp³-hybridized carbons (Fsp3) is 0.667. The highest BCUT2D eigenvalue weighted by Gasteiger charge is 1.79. The Bertz CT molecular complexity index is 79.3. The zero-order chi connectivity index (χ0) is 6.24. The van der Waals surface area contributed by atoms with E-state index in [0.29, 0.717) is 0 Å². The Morgan fingerprint density at radius 3 is 2.50 bits per heavy atom. The average Bonchev–Trinajstić information content (AvgIpc) is 2.17. The maximum absolute atomic E-state index is 7.57. The van der Waals surface area contributed by atoms with E-state index in [1.54, 1.807) is 6.92 Å². The molecule has 5 heteroatoms. The quantitative estimate of drug-likeness (QED) is 0.387. The zero-order valence-electron chi connectivity index (χ0n) is 4.65. The third-order valence-electron chi connectivity index (χ3n) is 0.303. The van der Waals surface area contributed by atoms with Gasteiger partial charge in [-0.3, -0.25) is 0 Å². The molecule has 3 N–H and O–H groups in total. The molecule has 0 unspecified atom stereocenters. The van der Waals surface area contributed by atoms with Gasteiger partial charge in [0.05, 0.1) is 5.22 Å². The molecule has 1 aliphatic rings. The van der Waals surface area contributed by atoms with Gasteiger partial charge in [-0.2, -0.15) is 5.43 Å². The number of rotatable bonds is 0. The highest BCUT2D eigenvalue weighted by Crippen LogP contribution is 1.64. The number of nitrogens with two attached hydrogens (primary N) is 1. The van der Waals surface area contributed by atoms with Crippen LogP contribution in [0.25, 0.3) is 0 Å². The van der Waals surface area contributed by atoms with Crippen LogP contribution in [0.2, 0.25) is 0 Å². The number of hydrogen-bond acceptors (Lipinski definition) is 4. The summed E-state index contributed by atoms with van der Waals surface area (Å²) in [5, 5.41) is 17.5. The maximum atomic E-state index is 7.57. The molecule has 0 saturated carbocycles. The molecule has 0 amide bonds. The molecule has 46 valence electrons. The average molecular weight is 117 g/mol. The largest absolute Gasteiger partial charge is 0.397 e. The number of quaternary nitrogens is 1. The van der Waals surface area contributed by atoms with Gasteiger partial charge in [-0.25, -0.2) is 0 Å². The van der Waals surface area contributed by atoms with E-state index in [-0.39, 0.29) is 6.61 Å². The van der Waals surface area contributed by atoms with Gasteiger partial charge in [-0.1, -0.05) is 5.10 Å². The topological polar surface area (TPSA) is 73.9 Å². The molecule has 0 aromatic carbocycles. The van der Waals surface area contributed by atoms with E-state index < -0.39 is 0 Å². The van der Waals surface area contributed by atoms with Gasteiger partial charge < -0.3 is 5.11 Å². The standard InChI is InChI=1S/C2H6O.CH2N4/c1-2-3;1-2-4-5-3-1/h3H,2H2,1H3;1H,(H,2,3,4,5)/p+1. The fourth-order valence-electron chi connectivity index (χ4n) is 0.149. The van der Waals surface area contributed by atoms with Crippen molar-refractivity contribution in [3.8, 4) is 0 Å². The molecule has 1 rings (SSSR count). The van der Waals surface area contributed by atoms with E-state index in [0.717, 1.165) is 0 Å². The van der Waals surface area contributed by atoms with Crippen molar-refractivity contribution < 1.29 is 10.5 Å². The van der Waals surface area contributed by atoms with E-state index >= 15 is 0 Å². The van der Waals surface area contributed by atoms with Gasteiger partial charge in [-0.05, 0) is 6.92 Å². The van der Waals surface area contributed by atoms with Crippen LogP contribution in [0.3, 0.4) is 0 Å². The van der Waals surface area contributed by atoms with Gasteiger partial charge in [0, 0.05) is 11.8 Å². The molecule has 0 bridgehead atoms. The number of aliphatic hydroxyl groups excluding tert-OH is 1. The van der Waals surface area contributed by atoms with Crippen LogP contribution in [-0.2, 0) is 0 Å². The minimum Gasteiger partial charge on any atom is -0.397 e. The van der Waals surface area contributed by atoms with Crippen LogP contribution in [0, 0.1) is 0 Å². The van der Waals surface area contributed by atoms with E-state index in [9.17, 15) is 0 Å². The molecule has 0 aliphatic carbocycles. The van der Waals surface area contributed by atoms with Crippen LogP contribution in [0.15, 0.2) is 15.5 Å². The Kier molecular flexibility index (Phi) is 5.56. The molecule has 1 heterocycles. The predicted molar refractivity (Wildman–Crippen MR) is 28.0 cm³/mol. The molecular weight excluding hydrogens is 108 g/mol. The summed E-state index contributed by atoms with van der Waals surface area (Å²) in [4.78, 5) is 0. The van der Waals surface area contributed by atoms with Crippen molar-refractivity contribution in [2.45, 2.75) is 6.92 Å². The molecule has 5 nitrogen and oxygen atoms in total. The normalized spacial score (nSPS) is 13.2. The first-order chi connectivity index (χ1) is 3.91.